The lowest BCUT2D eigenvalue weighted by Crippen LogP contribution is -2.15. The minimum absolute atomic E-state index is 0.628. The van der Waals surface area contributed by atoms with Gasteiger partial charge in [-0.1, -0.05) is 31.9 Å². The minimum atomic E-state index is -0.755. The molecule has 0 amide bonds. The van der Waals surface area contributed by atoms with E-state index in [0.29, 0.717) is 13.0 Å². The standard InChI is InChI=1S/C12H22O2/c1-4-7-8-10-14-12(13)11(6-3)9-5-2/h5-6,12-13H,2,4,7-10H2,1,3H3. The molecule has 0 aromatic heterocycles. The van der Waals surface area contributed by atoms with Gasteiger partial charge >= 0.3 is 0 Å². The molecule has 2 heteroatoms. The lowest BCUT2D eigenvalue weighted by molar-refractivity contribution is -0.0742. The number of hydrogen-bond acceptors (Lipinski definition) is 2. The molecule has 0 aliphatic carbocycles. The average molecular weight is 198 g/mol. The van der Waals surface area contributed by atoms with Crippen molar-refractivity contribution in [1.82, 2.24) is 0 Å². The third-order valence-electron chi connectivity index (χ3n) is 2.09. The summed E-state index contributed by atoms with van der Waals surface area (Å²) in [6.45, 7) is 8.31. The third kappa shape index (κ3) is 5.95. The van der Waals surface area contributed by atoms with Crippen LogP contribution in [0.25, 0.3) is 0 Å². The fraction of sp³-hybridized carbons (Fsp3) is 0.667. The summed E-state index contributed by atoms with van der Waals surface area (Å²) in [5.74, 6) is 0. The third-order valence-corrected chi connectivity index (χ3v) is 2.09. The zero-order valence-corrected chi connectivity index (χ0v) is 9.33. The van der Waals surface area contributed by atoms with Crippen molar-refractivity contribution in [3.63, 3.8) is 0 Å². The van der Waals surface area contributed by atoms with Gasteiger partial charge in [0.1, 0.15) is 0 Å². The van der Waals surface area contributed by atoms with Crippen molar-refractivity contribution in [2.75, 3.05) is 6.61 Å². The first kappa shape index (κ1) is 13.4. The molecule has 0 bridgehead atoms. The normalized spacial score (nSPS) is 14.1. The second-order valence-corrected chi connectivity index (χ2v) is 3.29. The van der Waals surface area contributed by atoms with Crippen LogP contribution < -0.4 is 0 Å². The number of unbranched alkanes of at least 4 members (excludes halogenated alkanes) is 2. The average Bonchev–Trinajstić information content (AvgIpc) is 2.20. The van der Waals surface area contributed by atoms with Crippen molar-refractivity contribution < 1.29 is 9.84 Å². The Balaban J connectivity index is 3.69. The minimum Gasteiger partial charge on any atom is -0.364 e. The summed E-state index contributed by atoms with van der Waals surface area (Å²) in [4.78, 5) is 0. The SMILES string of the molecule is C=CCC(=CC)C(O)OCCCCC. The van der Waals surface area contributed by atoms with Gasteiger partial charge in [-0.05, 0) is 25.3 Å². The Bertz CT molecular complexity index is 173. The number of ether oxygens (including phenoxy) is 1. The maximum absolute atomic E-state index is 9.60. The molecule has 0 radical (unpaired) electrons. The number of hydrogen-bond donors (Lipinski definition) is 1. The van der Waals surface area contributed by atoms with E-state index in [-0.39, 0.29) is 0 Å². The van der Waals surface area contributed by atoms with Crippen molar-refractivity contribution in [2.24, 2.45) is 0 Å². The maximum Gasteiger partial charge on any atom is 0.177 e. The van der Waals surface area contributed by atoms with E-state index < -0.39 is 6.29 Å². The van der Waals surface area contributed by atoms with Gasteiger partial charge < -0.3 is 9.84 Å². The number of rotatable bonds is 8. The van der Waals surface area contributed by atoms with Gasteiger partial charge in [-0.3, -0.25) is 0 Å². The van der Waals surface area contributed by atoms with Crippen molar-refractivity contribution in [2.45, 2.75) is 45.8 Å². The van der Waals surface area contributed by atoms with Crippen LogP contribution >= 0.6 is 0 Å². The van der Waals surface area contributed by atoms with Gasteiger partial charge in [0.05, 0.1) is 6.61 Å². The molecule has 0 rings (SSSR count). The Kier molecular flexibility index (Phi) is 8.59. The van der Waals surface area contributed by atoms with Crippen molar-refractivity contribution in [1.29, 1.82) is 0 Å². The van der Waals surface area contributed by atoms with E-state index in [0.717, 1.165) is 18.4 Å². The summed E-state index contributed by atoms with van der Waals surface area (Å²) in [5, 5.41) is 9.60. The Hall–Kier alpha value is -0.600. The molecule has 0 spiro atoms. The molecule has 82 valence electrons. The largest absolute Gasteiger partial charge is 0.364 e. The topological polar surface area (TPSA) is 29.5 Å². The lowest BCUT2D eigenvalue weighted by atomic mass is 10.1. The highest BCUT2D eigenvalue weighted by Gasteiger charge is 2.07. The second kappa shape index (κ2) is 8.97. The smallest absolute Gasteiger partial charge is 0.177 e. The van der Waals surface area contributed by atoms with Crippen LogP contribution in [-0.2, 0) is 4.74 Å². The summed E-state index contributed by atoms with van der Waals surface area (Å²) in [5.41, 5.74) is 0.886. The molecule has 0 aromatic carbocycles. The van der Waals surface area contributed by atoms with Crippen LogP contribution in [0.1, 0.15) is 39.5 Å². The van der Waals surface area contributed by atoms with Gasteiger partial charge in [0.2, 0.25) is 0 Å². The lowest BCUT2D eigenvalue weighted by Gasteiger charge is -2.14. The van der Waals surface area contributed by atoms with Gasteiger partial charge in [-0.25, -0.2) is 0 Å². The Morgan fingerprint density at radius 2 is 2.21 bits per heavy atom. The molecular formula is C12H22O2. The zero-order valence-electron chi connectivity index (χ0n) is 9.33. The van der Waals surface area contributed by atoms with Gasteiger partial charge in [-0.15, -0.1) is 6.58 Å². The van der Waals surface area contributed by atoms with Gasteiger partial charge in [-0.2, -0.15) is 0 Å². The van der Waals surface area contributed by atoms with Crippen LogP contribution in [-0.4, -0.2) is 18.0 Å². The summed E-state index contributed by atoms with van der Waals surface area (Å²) in [6.07, 6.45) is 6.92. The Morgan fingerprint density at radius 1 is 1.50 bits per heavy atom. The van der Waals surface area contributed by atoms with Crippen LogP contribution in [0.15, 0.2) is 24.3 Å². The van der Waals surface area contributed by atoms with E-state index >= 15 is 0 Å². The molecule has 0 aromatic rings. The predicted molar refractivity (Wildman–Crippen MR) is 60.1 cm³/mol. The van der Waals surface area contributed by atoms with E-state index in [1.54, 1.807) is 6.08 Å². The molecule has 1 atom stereocenters. The fourth-order valence-electron chi connectivity index (χ4n) is 1.18. The van der Waals surface area contributed by atoms with Gasteiger partial charge in [0.15, 0.2) is 6.29 Å². The maximum atomic E-state index is 9.60. The number of allylic oxidation sites excluding steroid dienone is 2. The highest BCUT2D eigenvalue weighted by atomic mass is 16.6. The van der Waals surface area contributed by atoms with Crippen LogP contribution in [0.2, 0.25) is 0 Å². The fourth-order valence-corrected chi connectivity index (χ4v) is 1.18. The van der Waals surface area contributed by atoms with E-state index in [4.69, 9.17) is 4.74 Å². The van der Waals surface area contributed by atoms with Crippen molar-refractivity contribution in [3.05, 3.63) is 24.3 Å². The van der Waals surface area contributed by atoms with E-state index in [1.165, 1.54) is 6.42 Å². The first-order chi connectivity index (χ1) is 6.76. The van der Waals surface area contributed by atoms with Crippen LogP contribution in [0, 0.1) is 0 Å². The molecule has 2 nitrogen and oxygen atoms in total. The molecule has 0 heterocycles. The number of aliphatic hydroxyl groups is 1. The summed E-state index contributed by atoms with van der Waals surface area (Å²) in [6, 6.07) is 0. The van der Waals surface area contributed by atoms with Crippen LogP contribution in [0.5, 0.6) is 0 Å². The molecule has 0 saturated heterocycles. The molecule has 1 N–H and O–H groups in total. The van der Waals surface area contributed by atoms with Gasteiger partial charge in [0.25, 0.3) is 0 Å². The monoisotopic (exact) mass is 198 g/mol. The summed E-state index contributed by atoms with van der Waals surface area (Å²) < 4.78 is 5.29. The zero-order chi connectivity index (χ0) is 10.8. The van der Waals surface area contributed by atoms with E-state index in [1.807, 2.05) is 13.0 Å². The summed E-state index contributed by atoms with van der Waals surface area (Å²) >= 11 is 0. The molecule has 0 fully saturated rings. The highest BCUT2D eigenvalue weighted by molar-refractivity contribution is 5.07. The molecule has 14 heavy (non-hydrogen) atoms. The molecule has 0 saturated carbocycles. The first-order valence-electron chi connectivity index (χ1n) is 5.31. The second-order valence-electron chi connectivity index (χ2n) is 3.29. The van der Waals surface area contributed by atoms with Gasteiger partial charge in [0, 0.05) is 0 Å². The predicted octanol–water partition coefficient (Wildman–Crippen LogP) is 3.03. The molecular weight excluding hydrogens is 176 g/mol. The van der Waals surface area contributed by atoms with E-state index in [9.17, 15) is 5.11 Å². The Labute approximate surface area is 87.3 Å². The molecule has 0 aliphatic heterocycles. The van der Waals surface area contributed by atoms with Crippen molar-refractivity contribution >= 4 is 0 Å². The van der Waals surface area contributed by atoms with E-state index in [2.05, 4.69) is 13.5 Å². The van der Waals surface area contributed by atoms with Crippen molar-refractivity contribution in [3.8, 4) is 0 Å². The molecule has 1 unspecified atom stereocenters. The first-order valence-corrected chi connectivity index (χ1v) is 5.31. The summed E-state index contributed by atoms with van der Waals surface area (Å²) in [7, 11) is 0. The Morgan fingerprint density at radius 3 is 2.71 bits per heavy atom. The van der Waals surface area contributed by atoms with Crippen LogP contribution in [0.4, 0.5) is 0 Å². The number of aliphatic hydroxyl groups excluding tert-OH is 1. The quantitative estimate of drug-likeness (QED) is 0.369. The molecule has 0 aliphatic rings. The highest BCUT2D eigenvalue weighted by Crippen LogP contribution is 2.10. The van der Waals surface area contributed by atoms with Crippen LogP contribution in [0.3, 0.4) is 0 Å².